The Bertz CT molecular complexity index is 1050. The van der Waals surface area contributed by atoms with E-state index < -0.39 is 0 Å². The van der Waals surface area contributed by atoms with E-state index in [2.05, 4.69) is 11.1 Å². The average Bonchev–Trinajstić information content (AvgIpc) is 2.78. The first-order chi connectivity index (χ1) is 15.0. The lowest BCUT2D eigenvalue weighted by Crippen LogP contribution is -2.41. The molecule has 7 heteroatoms. The molecule has 4 rings (SSSR count). The molecular weight excluding hydrogens is 395 g/mol. The Balaban J connectivity index is 1.44. The maximum absolute atomic E-state index is 13.0. The van der Waals surface area contributed by atoms with Crippen LogP contribution in [0.25, 0.3) is 11.1 Å². The highest BCUT2D eigenvalue weighted by atomic mass is 19.1. The molecule has 1 fully saturated rings. The fourth-order valence-electron chi connectivity index (χ4n) is 3.86. The van der Waals surface area contributed by atoms with Gasteiger partial charge in [-0.1, -0.05) is 0 Å². The number of nitrogens with two attached hydrogens (primary N) is 1. The van der Waals surface area contributed by atoms with E-state index in [0.29, 0.717) is 24.7 Å². The minimum Gasteiger partial charge on any atom is -0.484 e. The fourth-order valence-corrected chi connectivity index (χ4v) is 3.86. The largest absolute Gasteiger partial charge is 0.484 e. The zero-order valence-corrected chi connectivity index (χ0v) is 17.4. The average molecular weight is 420 g/mol. The maximum atomic E-state index is 13.0. The predicted molar refractivity (Wildman–Crippen MR) is 117 cm³/mol. The van der Waals surface area contributed by atoms with E-state index in [-0.39, 0.29) is 24.2 Å². The highest BCUT2D eigenvalue weighted by Gasteiger charge is 2.26. The number of pyridine rings is 2. The van der Waals surface area contributed by atoms with Crippen molar-refractivity contribution in [1.82, 2.24) is 14.9 Å². The highest BCUT2D eigenvalue weighted by Crippen LogP contribution is 2.29. The SMILES string of the molecule is Cc1cc(-c2ccc(N)nc2)cc([C@H]2CCCN(C(=O)COc3ccc(F)cc3)C2)n1. The molecule has 2 aromatic heterocycles. The summed E-state index contributed by atoms with van der Waals surface area (Å²) < 4.78 is 18.5. The summed E-state index contributed by atoms with van der Waals surface area (Å²) >= 11 is 0. The molecule has 2 N–H and O–H groups in total. The van der Waals surface area contributed by atoms with E-state index in [9.17, 15) is 9.18 Å². The van der Waals surface area contributed by atoms with Gasteiger partial charge in [0.05, 0.1) is 0 Å². The first-order valence-electron chi connectivity index (χ1n) is 10.3. The van der Waals surface area contributed by atoms with Gasteiger partial charge in [0, 0.05) is 42.2 Å². The number of nitrogens with zero attached hydrogens (tertiary/aromatic N) is 3. The maximum Gasteiger partial charge on any atom is 0.260 e. The van der Waals surface area contributed by atoms with Crippen LogP contribution in [0.3, 0.4) is 0 Å². The minimum atomic E-state index is -0.336. The molecule has 0 bridgehead atoms. The van der Waals surface area contributed by atoms with Crippen molar-refractivity contribution in [2.45, 2.75) is 25.7 Å². The van der Waals surface area contributed by atoms with Gasteiger partial charge in [-0.15, -0.1) is 0 Å². The fraction of sp³-hybridized carbons (Fsp3) is 0.292. The number of amides is 1. The second kappa shape index (κ2) is 9.12. The number of halogens is 1. The van der Waals surface area contributed by atoms with Crippen LogP contribution in [0.2, 0.25) is 0 Å². The summed E-state index contributed by atoms with van der Waals surface area (Å²) in [6.45, 7) is 3.20. The molecular formula is C24H25FN4O2. The highest BCUT2D eigenvalue weighted by molar-refractivity contribution is 5.78. The van der Waals surface area contributed by atoms with Gasteiger partial charge in [0.25, 0.3) is 5.91 Å². The topological polar surface area (TPSA) is 81.3 Å². The molecule has 0 saturated carbocycles. The Morgan fingerprint density at radius 1 is 1.19 bits per heavy atom. The molecule has 3 aromatic rings. The molecule has 31 heavy (non-hydrogen) atoms. The van der Waals surface area contributed by atoms with Gasteiger partial charge in [0.15, 0.2) is 6.61 Å². The van der Waals surface area contributed by atoms with Crippen LogP contribution < -0.4 is 10.5 Å². The number of likely N-dealkylation sites (tertiary alicyclic amines) is 1. The number of aromatic nitrogens is 2. The lowest BCUT2D eigenvalue weighted by atomic mass is 9.92. The zero-order valence-electron chi connectivity index (χ0n) is 17.4. The molecule has 1 amide bonds. The first-order valence-corrected chi connectivity index (χ1v) is 10.3. The molecule has 1 aromatic carbocycles. The molecule has 160 valence electrons. The Kier molecular flexibility index (Phi) is 6.11. The number of rotatable bonds is 5. The van der Waals surface area contributed by atoms with Gasteiger partial charge in [-0.25, -0.2) is 9.37 Å². The molecule has 1 saturated heterocycles. The Morgan fingerprint density at radius 2 is 2.00 bits per heavy atom. The van der Waals surface area contributed by atoms with Gasteiger partial charge in [-0.05, 0) is 73.9 Å². The summed E-state index contributed by atoms with van der Waals surface area (Å²) in [4.78, 5) is 23.4. The number of carbonyl (C=O) groups is 1. The summed E-state index contributed by atoms with van der Waals surface area (Å²) in [6, 6.07) is 13.5. The van der Waals surface area contributed by atoms with Gasteiger partial charge in [0.1, 0.15) is 17.4 Å². The number of ether oxygens (including phenoxy) is 1. The molecule has 1 atom stereocenters. The number of hydrogen-bond donors (Lipinski definition) is 1. The summed E-state index contributed by atoms with van der Waals surface area (Å²) in [5.41, 5.74) is 9.63. The number of nitrogen functional groups attached to an aromatic ring is 1. The first kappa shape index (κ1) is 20.8. The van der Waals surface area contributed by atoms with Gasteiger partial charge < -0.3 is 15.4 Å². The Morgan fingerprint density at radius 3 is 2.74 bits per heavy atom. The molecule has 0 spiro atoms. The molecule has 3 heterocycles. The van der Waals surface area contributed by atoms with E-state index in [1.165, 1.54) is 24.3 Å². The van der Waals surface area contributed by atoms with Crippen molar-refractivity contribution in [1.29, 1.82) is 0 Å². The summed E-state index contributed by atoms with van der Waals surface area (Å²) in [6.07, 6.45) is 3.64. The monoisotopic (exact) mass is 420 g/mol. The molecule has 0 aliphatic carbocycles. The molecule has 1 aliphatic rings. The van der Waals surface area contributed by atoms with Crippen LogP contribution in [0.4, 0.5) is 10.2 Å². The van der Waals surface area contributed by atoms with Crippen LogP contribution in [0, 0.1) is 12.7 Å². The summed E-state index contributed by atoms with van der Waals surface area (Å²) in [7, 11) is 0. The Hall–Kier alpha value is -3.48. The van der Waals surface area contributed by atoms with Crippen LogP contribution in [-0.4, -0.2) is 40.5 Å². The van der Waals surface area contributed by atoms with Crippen molar-refractivity contribution in [3.05, 3.63) is 71.9 Å². The van der Waals surface area contributed by atoms with Gasteiger partial charge in [-0.2, -0.15) is 0 Å². The van der Waals surface area contributed by atoms with Gasteiger partial charge >= 0.3 is 0 Å². The van der Waals surface area contributed by atoms with Crippen molar-refractivity contribution in [2.75, 3.05) is 25.4 Å². The number of anilines is 1. The number of benzene rings is 1. The van der Waals surface area contributed by atoms with Crippen LogP contribution in [0.1, 0.15) is 30.1 Å². The third-order valence-corrected chi connectivity index (χ3v) is 5.46. The van der Waals surface area contributed by atoms with Crippen LogP contribution >= 0.6 is 0 Å². The molecule has 0 radical (unpaired) electrons. The van der Waals surface area contributed by atoms with Crippen molar-refractivity contribution in [2.24, 2.45) is 0 Å². The van der Waals surface area contributed by atoms with Crippen molar-refractivity contribution in [3.8, 4) is 16.9 Å². The Labute approximate surface area is 180 Å². The van der Waals surface area contributed by atoms with Crippen molar-refractivity contribution in [3.63, 3.8) is 0 Å². The molecule has 1 aliphatic heterocycles. The van der Waals surface area contributed by atoms with E-state index >= 15 is 0 Å². The summed E-state index contributed by atoms with van der Waals surface area (Å²) in [5, 5.41) is 0. The molecule has 6 nitrogen and oxygen atoms in total. The standard InChI is InChI=1S/C24H25FN4O2/c1-16-11-19(17-4-9-23(26)27-13-17)12-22(28-16)18-3-2-10-29(14-18)24(30)15-31-21-7-5-20(25)6-8-21/h4-9,11-13,18H,2-3,10,14-15H2,1H3,(H2,26,27)/t18-/m0/s1. The third-order valence-electron chi connectivity index (χ3n) is 5.46. The third kappa shape index (κ3) is 5.17. The lowest BCUT2D eigenvalue weighted by molar-refractivity contribution is -0.134. The van der Waals surface area contributed by atoms with Crippen LogP contribution in [-0.2, 0) is 4.79 Å². The smallest absolute Gasteiger partial charge is 0.260 e. The quantitative estimate of drug-likeness (QED) is 0.676. The van der Waals surface area contributed by atoms with Gasteiger partial charge in [-0.3, -0.25) is 9.78 Å². The van der Waals surface area contributed by atoms with Crippen LogP contribution in [0.5, 0.6) is 5.75 Å². The van der Waals surface area contributed by atoms with Crippen LogP contribution in [0.15, 0.2) is 54.7 Å². The zero-order chi connectivity index (χ0) is 21.8. The van der Waals surface area contributed by atoms with Crippen molar-refractivity contribution < 1.29 is 13.9 Å². The number of hydrogen-bond acceptors (Lipinski definition) is 5. The predicted octanol–water partition coefficient (Wildman–Crippen LogP) is 3.96. The number of piperidine rings is 1. The summed E-state index contributed by atoms with van der Waals surface area (Å²) in [5.74, 6) is 0.704. The number of carbonyl (C=O) groups excluding carboxylic acids is 1. The van der Waals surface area contributed by atoms with Crippen molar-refractivity contribution >= 4 is 11.7 Å². The van der Waals surface area contributed by atoms with E-state index in [0.717, 1.165) is 35.4 Å². The van der Waals surface area contributed by atoms with E-state index in [1.54, 1.807) is 12.3 Å². The lowest BCUT2D eigenvalue weighted by Gasteiger charge is -2.32. The molecule has 0 unspecified atom stereocenters. The van der Waals surface area contributed by atoms with E-state index in [4.69, 9.17) is 15.5 Å². The second-order valence-electron chi connectivity index (χ2n) is 7.82. The van der Waals surface area contributed by atoms with Gasteiger partial charge in [0.2, 0.25) is 0 Å². The second-order valence-corrected chi connectivity index (χ2v) is 7.82. The minimum absolute atomic E-state index is 0.0675. The van der Waals surface area contributed by atoms with E-state index in [1.807, 2.05) is 24.0 Å². The number of aryl methyl sites for hydroxylation is 1. The normalized spacial score (nSPS) is 16.2.